The second-order valence-electron chi connectivity index (χ2n) is 10.7. The molecule has 2 N–H and O–H groups in total. The van der Waals surface area contributed by atoms with Gasteiger partial charge in [0.1, 0.15) is 5.60 Å². The summed E-state index contributed by atoms with van der Waals surface area (Å²) in [5.74, 6) is -3.91. The van der Waals surface area contributed by atoms with Gasteiger partial charge < -0.3 is 14.9 Å². The third-order valence-corrected chi connectivity index (χ3v) is 9.26. The van der Waals surface area contributed by atoms with Crippen LogP contribution in [0.4, 0.5) is 0 Å². The first kappa shape index (κ1) is 13.3. The summed E-state index contributed by atoms with van der Waals surface area (Å²) in [5, 5.41) is 23.4. The molecule has 6 heteroatoms. The van der Waals surface area contributed by atoms with Gasteiger partial charge in [0.25, 0.3) is 0 Å². The number of aliphatic hydroxyl groups is 2. The predicted molar refractivity (Wildman–Crippen MR) is 132 cm³/mol. The van der Waals surface area contributed by atoms with Crippen molar-refractivity contribution in [2.45, 2.75) is 116 Å². The number of esters is 1. The van der Waals surface area contributed by atoms with Crippen LogP contribution < -0.4 is 0 Å². The van der Waals surface area contributed by atoms with Gasteiger partial charge >= 0.3 is 5.97 Å². The van der Waals surface area contributed by atoms with Crippen molar-refractivity contribution in [3.63, 3.8) is 0 Å². The number of ether oxygens (including phenoxy) is 1. The fourth-order valence-electron chi connectivity index (χ4n) is 7.61. The molecule has 35 heavy (non-hydrogen) atoms. The van der Waals surface area contributed by atoms with Crippen molar-refractivity contribution in [2.75, 3.05) is 6.61 Å². The quantitative estimate of drug-likeness (QED) is 0.443. The highest BCUT2D eigenvalue weighted by molar-refractivity contribution is 5.92. The molecular formula is C29H44O6. The summed E-state index contributed by atoms with van der Waals surface area (Å²) in [4.78, 5) is 38.8. The SMILES string of the molecule is [2H]C([2H])([2H])C([2H])([2H])C([2H])([2H])C([2H])([2H])C([2H])([2H])C([2H])([2H])C([2H])([2H])C(=O)OCC(=O)[C@@]1(O)CC[C@H]2[C@@H]3CCC4=CC(=O)CC[C@]4(C)[C@H]3[C@@H](O)C[C@@]21C. The Labute approximate surface area is 231 Å². The number of carbonyl (C=O) groups excluding carboxylic acids is 3. The van der Waals surface area contributed by atoms with E-state index in [0.29, 0.717) is 32.1 Å². The fourth-order valence-corrected chi connectivity index (χ4v) is 7.61. The molecule has 0 heterocycles. The Kier molecular flexibility index (Phi) is 3.84. The van der Waals surface area contributed by atoms with Gasteiger partial charge in [-0.3, -0.25) is 14.4 Å². The molecule has 0 bridgehead atoms. The molecule has 3 saturated carbocycles. The van der Waals surface area contributed by atoms with Gasteiger partial charge in [-0.05, 0) is 74.1 Å². The Hall–Kier alpha value is -1.53. The van der Waals surface area contributed by atoms with Crippen molar-refractivity contribution in [3.05, 3.63) is 11.6 Å². The number of Topliss-reactive ketones (excluding diaryl/α,β-unsaturated/α-hetero) is 1. The summed E-state index contributed by atoms with van der Waals surface area (Å²) in [5.41, 5.74) is -2.88. The topological polar surface area (TPSA) is 101 Å². The van der Waals surface area contributed by atoms with E-state index in [1.807, 2.05) is 6.92 Å². The van der Waals surface area contributed by atoms with Gasteiger partial charge in [0.05, 0.1) is 6.10 Å². The average molecular weight is 504 g/mol. The van der Waals surface area contributed by atoms with Gasteiger partial charge in [-0.2, -0.15) is 0 Å². The van der Waals surface area contributed by atoms with Crippen LogP contribution in [0.1, 0.15) is 124 Å². The molecule has 0 aromatic carbocycles. The van der Waals surface area contributed by atoms with E-state index in [0.717, 1.165) is 5.57 Å². The molecule has 196 valence electrons. The molecule has 6 nitrogen and oxygen atoms in total. The lowest BCUT2D eigenvalue weighted by molar-refractivity contribution is -0.184. The molecule has 0 spiro atoms. The molecule has 0 aliphatic heterocycles. The van der Waals surface area contributed by atoms with Gasteiger partial charge in [-0.25, -0.2) is 0 Å². The van der Waals surface area contributed by atoms with Crippen LogP contribution in [-0.2, 0) is 19.1 Å². The first-order chi connectivity index (χ1) is 22.2. The molecule has 3 fully saturated rings. The largest absolute Gasteiger partial charge is 0.458 e. The van der Waals surface area contributed by atoms with Crippen molar-refractivity contribution in [1.29, 1.82) is 0 Å². The summed E-state index contributed by atoms with van der Waals surface area (Å²) in [6.45, 7) is -1.52. The zero-order valence-corrected chi connectivity index (χ0v) is 20.1. The van der Waals surface area contributed by atoms with E-state index in [9.17, 15) is 24.6 Å². The normalized spacial score (nSPS) is 49.5. The zero-order chi connectivity index (χ0) is 38.7. The number of hydrogen-bond donors (Lipinski definition) is 2. The van der Waals surface area contributed by atoms with Crippen molar-refractivity contribution in [2.24, 2.45) is 28.6 Å². The van der Waals surface area contributed by atoms with Gasteiger partial charge in [-0.15, -0.1) is 0 Å². The molecule has 0 amide bonds. The molecule has 0 aromatic rings. The molecule has 4 rings (SSSR count). The Morgan fingerprint density at radius 3 is 2.71 bits per heavy atom. The van der Waals surface area contributed by atoms with Gasteiger partial charge in [-0.1, -0.05) is 51.8 Å². The zero-order valence-electron chi connectivity index (χ0n) is 35.1. The lowest BCUT2D eigenvalue weighted by Crippen LogP contribution is -2.62. The third kappa shape index (κ3) is 4.54. The molecular weight excluding hydrogens is 444 g/mol. The van der Waals surface area contributed by atoms with Crippen molar-refractivity contribution in [1.82, 2.24) is 0 Å². The highest BCUT2D eigenvalue weighted by Crippen LogP contribution is 2.67. The Morgan fingerprint density at radius 1 is 1.17 bits per heavy atom. The summed E-state index contributed by atoms with van der Waals surface area (Å²) in [7, 11) is 0. The number of carbonyl (C=O) groups is 3. The van der Waals surface area contributed by atoms with Crippen LogP contribution in [0.2, 0.25) is 0 Å². The minimum absolute atomic E-state index is 0.0176. The first-order valence-electron chi connectivity index (χ1n) is 19.6. The van der Waals surface area contributed by atoms with Crippen LogP contribution in [0.3, 0.4) is 0 Å². The van der Waals surface area contributed by atoms with E-state index in [1.54, 1.807) is 13.0 Å². The second kappa shape index (κ2) is 10.1. The van der Waals surface area contributed by atoms with Crippen LogP contribution in [0.25, 0.3) is 0 Å². The van der Waals surface area contributed by atoms with Crippen LogP contribution >= 0.6 is 0 Å². The molecule has 7 atom stereocenters. The summed E-state index contributed by atoms with van der Waals surface area (Å²) in [6, 6.07) is 0. The Bertz CT molecular complexity index is 1460. The number of rotatable bonds is 9. The minimum Gasteiger partial charge on any atom is -0.458 e. The summed E-state index contributed by atoms with van der Waals surface area (Å²) in [6.07, 6.45) is -22.8. The number of aliphatic hydroxyl groups excluding tert-OH is 1. The Morgan fingerprint density at radius 2 is 1.94 bits per heavy atom. The number of ketones is 2. The van der Waals surface area contributed by atoms with Crippen LogP contribution in [0, 0.1) is 28.6 Å². The summed E-state index contributed by atoms with van der Waals surface area (Å²) >= 11 is 0. The van der Waals surface area contributed by atoms with Crippen molar-refractivity contribution >= 4 is 17.5 Å². The lowest BCUT2D eigenvalue weighted by atomic mass is 9.45. The monoisotopic (exact) mass is 503 g/mol. The highest BCUT2D eigenvalue weighted by atomic mass is 16.5. The summed E-state index contributed by atoms with van der Waals surface area (Å²) < 4.78 is 123. The number of hydrogen-bond acceptors (Lipinski definition) is 6. The molecule has 0 saturated heterocycles. The molecule has 0 radical (unpaired) electrons. The van der Waals surface area contributed by atoms with E-state index in [-0.39, 0.29) is 36.4 Å². The first-order valence-corrected chi connectivity index (χ1v) is 12.1. The predicted octanol–water partition coefficient (Wildman–Crippen LogP) is 4.69. The molecule has 0 unspecified atom stereocenters. The van der Waals surface area contributed by atoms with E-state index in [1.165, 1.54) is 0 Å². The van der Waals surface area contributed by atoms with Crippen LogP contribution in [0.15, 0.2) is 11.6 Å². The van der Waals surface area contributed by atoms with Gasteiger partial charge in [0.2, 0.25) is 5.78 Å². The lowest BCUT2D eigenvalue weighted by Gasteiger charge is -2.60. The highest BCUT2D eigenvalue weighted by Gasteiger charge is 2.68. The second-order valence-corrected chi connectivity index (χ2v) is 10.7. The van der Waals surface area contributed by atoms with Crippen molar-refractivity contribution in [3.8, 4) is 0 Å². The van der Waals surface area contributed by atoms with E-state index >= 15 is 0 Å². The van der Waals surface area contributed by atoms with E-state index in [4.69, 9.17) is 25.3 Å². The number of allylic oxidation sites excluding steroid dienone is 1. The minimum atomic E-state index is -4.44. The number of fused-ring (bicyclic) bond motifs is 5. The maximum absolute atomic E-state index is 13.6. The van der Waals surface area contributed by atoms with Crippen LogP contribution in [0.5, 0.6) is 0 Å². The standard InChI is InChI=1S/C29H44O6/c1-4-5-6-7-8-9-25(33)35-18-24(32)29(34)15-13-22-21-11-10-19-16-20(30)12-14-27(19,2)26(21)23(31)17-28(22,29)3/h16,21-23,26,31,34H,4-15,17-18H2,1-3H3/t21-,22-,23-,26+,27-,28-,29-/m0/s1/i1D3,4D2,5D2,6D2,7D2,8D2,9D2. The van der Waals surface area contributed by atoms with Gasteiger partial charge in [0.15, 0.2) is 12.4 Å². The average Bonchev–Trinajstić information content (AvgIpc) is 3.25. The van der Waals surface area contributed by atoms with Gasteiger partial charge in [0, 0.05) is 38.8 Å². The van der Waals surface area contributed by atoms with Crippen LogP contribution in [-0.4, -0.2) is 46.1 Å². The van der Waals surface area contributed by atoms with E-state index < -0.39 is 86.0 Å². The smallest absolute Gasteiger partial charge is 0.306 e. The fraction of sp³-hybridized carbons (Fsp3) is 0.828. The Balaban J connectivity index is 1.55. The van der Waals surface area contributed by atoms with Crippen molar-refractivity contribution < 1.29 is 49.9 Å². The molecule has 0 aromatic heterocycles. The molecule has 4 aliphatic rings. The maximum Gasteiger partial charge on any atom is 0.306 e. The molecule has 4 aliphatic carbocycles. The maximum atomic E-state index is 13.6. The van der Waals surface area contributed by atoms with E-state index in [2.05, 4.69) is 0 Å². The third-order valence-electron chi connectivity index (χ3n) is 9.26.